The van der Waals surface area contributed by atoms with E-state index >= 15 is 0 Å². The van der Waals surface area contributed by atoms with E-state index < -0.39 is 0 Å². The third-order valence-corrected chi connectivity index (χ3v) is 6.06. The fourth-order valence-electron chi connectivity index (χ4n) is 4.03. The van der Waals surface area contributed by atoms with Crippen molar-refractivity contribution in [1.29, 1.82) is 0 Å². The molecular weight excluding hydrogens is 396 g/mol. The number of amides is 1. The van der Waals surface area contributed by atoms with Crippen LogP contribution in [0.25, 0.3) is 10.8 Å². The summed E-state index contributed by atoms with van der Waals surface area (Å²) in [5, 5.41) is 7.30. The maximum Gasteiger partial charge on any atom is 0.295 e. The van der Waals surface area contributed by atoms with Crippen LogP contribution in [0.4, 0.5) is 0 Å². The van der Waals surface area contributed by atoms with Crippen LogP contribution in [0.3, 0.4) is 0 Å². The number of quaternary nitrogens is 2. The van der Waals surface area contributed by atoms with E-state index in [1.54, 1.807) is 6.21 Å². The van der Waals surface area contributed by atoms with Crippen molar-refractivity contribution in [3.63, 3.8) is 0 Å². The van der Waals surface area contributed by atoms with Crippen LogP contribution in [0.5, 0.6) is 0 Å². The number of hydrazone groups is 1. The van der Waals surface area contributed by atoms with Gasteiger partial charge in [0, 0.05) is 16.1 Å². The standard InChI is InChI=1S/C24H25ClN4O/c25-23-11-4-2-7-21(23)17-28-12-14-29(15-13-28)18-24(30)27-26-16-20-9-5-8-19-6-1-3-10-22(19)20/h1-11,16H,12-15,17-18H2,(H,27,30)/p+2/b26-16-. The van der Waals surface area contributed by atoms with Gasteiger partial charge < -0.3 is 9.80 Å². The molecule has 5 nitrogen and oxygen atoms in total. The number of fused-ring (bicyclic) bond motifs is 1. The zero-order valence-electron chi connectivity index (χ0n) is 16.9. The number of nitrogens with zero attached hydrogens (tertiary/aromatic N) is 1. The lowest BCUT2D eigenvalue weighted by molar-refractivity contribution is -1.02. The van der Waals surface area contributed by atoms with Crippen LogP contribution in [0.15, 0.2) is 71.8 Å². The van der Waals surface area contributed by atoms with Crippen molar-refractivity contribution in [2.45, 2.75) is 6.54 Å². The van der Waals surface area contributed by atoms with E-state index in [0.717, 1.165) is 54.1 Å². The molecule has 0 bridgehead atoms. The van der Waals surface area contributed by atoms with Gasteiger partial charge in [-0.1, -0.05) is 72.3 Å². The molecule has 3 aromatic carbocycles. The van der Waals surface area contributed by atoms with Crippen molar-refractivity contribution in [1.82, 2.24) is 5.43 Å². The Morgan fingerprint density at radius 2 is 1.63 bits per heavy atom. The molecular formula is C24H27ClN4O+2. The third kappa shape index (κ3) is 5.25. The summed E-state index contributed by atoms with van der Waals surface area (Å²) < 4.78 is 0. The predicted octanol–water partition coefficient (Wildman–Crippen LogP) is 0.927. The molecule has 1 fully saturated rings. The maximum absolute atomic E-state index is 12.3. The number of hydrogen-bond donors (Lipinski definition) is 3. The Morgan fingerprint density at radius 1 is 0.933 bits per heavy atom. The Balaban J connectivity index is 1.24. The smallest absolute Gasteiger partial charge is 0.295 e. The normalized spacial score (nSPS) is 19.2. The average Bonchev–Trinajstić information content (AvgIpc) is 2.77. The van der Waals surface area contributed by atoms with Gasteiger partial charge in [-0.05, 0) is 16.8 Å². The lowest BCUT2D eigenvalue weighted by atomic mass is 10.1. The monoisotopic (exact) mass is 422 g/mol. The van der Waals surface area contributed by atoms with Crippen LogP contribution < -0.4 is 15.2 Å². The summed E-state index contributed by atoms with van der Waals surface area (Å²) in [6, 6.07) is 22.3. The Bertz CT molecular complexity index is 1040. The highest BCUT2D eigenvalue weighted by atomic mass is 35.5. The number of rotatable bonds is 6. The van der Waals surface area contributed by atoms with Crippen LogP contribution in [0.1, 0.15) is 11.1 Å². The Hall–Kier alpha value is -2.73. The Labute approximate surface area is 181 Å². The lowest BCUT2D eigenvalue weighted by Crippen LogP contribution is -3.28. The highest BCUT2D eigenvalue weighted by Crippen LogP contribution is 2.16. The van der Waals surface area contributed by atoms with Gasteiger partial charge in [-0.25, -0.2) is 5.43 Å². The van der Waals surface area contributed by atoms with Gasteiger partial charge in [0.2, 0.25) is 0 Å². The highest BCUT2D eigenvalue weighted by molar-refractivity contribution is 6.31. The number of nitrogens with one attached hydrogen (secondary N) is 3. The molecule has 0 spiro atoms. The summed E-state index contributed by atoms with van der Waals surface area (Å²) in [5.41, 5.74) is 4.88. The quantitative estimate of drug-likeness (QED) is 0.401. The second-order valence-corrected chi connectivity index (χ2v) is 8.21. The third-order valence-electron chi connectivity index (χ3n) is 5.69. The first-order valence-corrected chi connectivity index (χ1v) is 10.8. The first-order chi connectivity index (χ1) is 14.7. The van der Waals surface area contributed by atoms with Gasteiger partial charge in [0.1, 0.15) is 32.7 Å². The summed E-state index contributed by atoms with van der Waals surface area (Å²) >= 11 is 6.28. The molecule has 3 N–H and O–H groups in total. The van der Waals surface area contributed by atoms with Gasteiger partial charge in [-0.3, -0.25) is 4.79 Å². The number of halogens is 1. The number of hydrogen-bond acceptors (Lipinski definition) is 2. The van der Waals surface area contributed by atoms with E-state index in [4.69, 9.17) is 11.6 Å². The summed E-state index contributed by atoms with van der Waals surface area (Å²) in [6.45, 7) is 5.40. The van der Waals surface area contributed by atoms with E-state index in [9.17, 15) is 4.79 Å². The van der Waals surface area contributed by atoms with Crippen LogP contribution in [-0.4, -0.2) is 44.8 Å². The molecule has 0 unspecified atom stereocenters. The van der Waals surface area contributed by atoms with Crippen molar-refractivity contribution in [3.8, 4) is 0 Å². The minimum absolute atomic E-state index is 0.0453. The van der Waals surface area contributed by atoms with E-state index in [1.807, 2.05) is 42.5 Å². The first kappa shape index (κ1) is 20.5. The summed E-state index contributed by atoms with van der Waals surface area (Å²) in [5.74, 6) is -0.0453. The van der Waals surface area contributed by atoms with Crippen molar-refractivity contribution in [2.24, 2.45) is 5.10 Å². The Morgan fingerprint density at radius 3 is 2.47 bits per heavy atom. The van der Waals surface area contributed by atoms with E-state index in [-0.39, 0.29) is 5.91 Å². The van der Waals surface area contributed by atoms with Crippen LogP contribution in [0.2, 0.25) is 5.02 Å². The molecule has 4 rings (SSSR count). The lowest BCUT2D eigenvalue weighted by Gasteiger charge is -2.29. The second kappa shape index (κ2) is 9.85. The van der Waals surface area contributed by atoms with E-state index in [0.29, 0.717) is 6.54 Å². The molecule has 1 heterocycles. The van der Waals surface area contributed by atoms with Gasteiger partial charge in [0.05, 0.1) is 6.21 Å². The molecule has 6 heteroatoms. The molecule has 3 aromatic rings. The van der Waals surface area contributed by atoms with Crippen molar-refractivity contribution >= 4 is 34.5 Å². The molecule has 30 heavy (non-hydrogen) atoms. The second-order valence-electron chi connectivity index (χ2n) is 7.81. The molecule has 0 aliphatic carbocycles. The SMILES string of the molecule is O=C(C[NH+]1CC[NH+](Cc2ccccc2Cl)CC1)N/N=C\c1cccc2ccccc12. The number of carbonyl (C=O) groups excluding carboxylic acids is 1. The van der Waals surface area contributed by atoms with Crippen molar-refractivity contribution in [3.05, 3.63) is 82.9 Å². The zero-order chi connectivity index (χ0) is 20.8. The molecule has 1 aliphatic rings. The molecule has 154 valence electrons. The van der Waals surface area contributed by atoms with Crippen LogP contribution in [-0.2, 0) is 11.3 Å². The molecule has 1 amide bonds. The molecule has 0 radical (unpaired) electrons. The fourth-order valence-corrected chi connectivity index (χ4v) is 4.23. The van der Waals surface area contributed by atoms with Gasteiger partial charge in [0.25, 0.3) is 5.91 Å². The average molecular weight is 423 g/mol. The molecule has 0 aromatic heterocycles. The molecule has 1 saturated heterocycles. The topological polar surface area (TPSA) is 50.3 Å². The van der Waals surface area contributed by atoms with Gasteiger partial charge in [0.15, 0.2) is 6.54 Å². The number of benzene rings is 3. The number of piperazine rings is 1. The number of carbonyl (C=O) groups is 1. The molecule has 1 aliphatic heterocycles. The summed E-state index contributed by atoms with van der Waals surface area (Å²) in [4.78, 5) is 15.1. The van der Waals surface area contributed by atoms with E-state index in [2.05, 4.69) is 34.8 Å². The maximum atomic E-state index is 12.3. The highest BCUT2D eigenvalue weighted by Gasteiger charge is 2.25. The van der Waals surface area contributed by atoms with E-state index in [1.165, 1.54) is 15.4 Å². The minimum Gasteiger partial charge on any atom is -0.322 e. The summed E-state index contributed by atoms with van der Waals surface area (Å²) in [6.07, 6.45) is 1.72. The first-order valence-electron chi connectivity index (χ1n) is 10.4. The molecule has 0 atom stereocenters. The fraction of sp³-hybridized carbons (Fsp3) is 0.250. The summed E-state index contributed by atoms with van der Waals surface area (Å²) in [7, 11) is 0. The van der Waals surface area contributed by atoms with Crippen molar-refractivity contribution < 1.29 is 14.6 Å². The van der Waals surface area contributed by atoms with Gasteiger partial charge in [-0.2, -0.15) is 5.10 Å². The largest absolute Gasteiger partial charge is 0.322 e. The molecule has 0 saturated carbocycles. The van der Waals surface area contributed by atoms with Crippen molar-refractivity contribution in [2.75, 3.05) is 32.7 Å². The Kier molecular flexibility index (Phi) is 6.74. The van der Waals surface area contributed by atoms with Gasteiger partial charge >= 0.3 is 0 Å². The zero-order valence-corrected chi connectivity index (χ0v) is 17.7. The van der Waals surface area contributed by atoms with Crippen LogP contribution >= 0.6 is 11.6 Å². The minimum atomic E-state index is -0.0453. The predicted molar refractivity (Wildman–Crippen MR) is 121 cm³/mol. The van der Waals surface area contributed by atoms with Crippen LogP contribution in [0, 0.1) is 0 Å². The van der Waals surface area contributed by atoms with Gasteiger partial charge in [-0.15, -0.1) is 0 Å².